The van der Waals surface area contributed by atoms with Crippen LogP contribution < -0.4 is 5.32 Å². The summed E-state index contributed by atoms with van der Waals surface area (Å²) in [5.74, 6) is 1.30. The van der Waals surface area contributed by atoms with Gasteiger partial charge in [0.2, 0.25) is 0 Å². The van der Waals surface area contributed by atoms with Crippen molar-refractivity contribution in [3.05, 3.63) is 107 Å². The molecule has 132 valence electrons. The fourth-order valence-corrected chi connectivity index (χ4v) is 3.99. The van der Waals surface area contributed by atoms with Crippen molar-refractivity contribution >= 4 is 16.6 Å². The molecule has 0 amide bonds. The first-order chi connectivity index (χ1) is 13.3. The minimum atomic E-state index is 0.205. The van der Waals surface area contributed by atoms with E-state index in [1.165, 1.54) is 27.5 Å². The zero-order chi connectivity index (χ0) is 18.2. The van der Waals surface area contributed by atoms with Gasteiger partial charge in [-0.1, -0.05) is 78.9 Å². The fraction of sp³-hybridized carbons (Fsp3) is 0.125. The highest BCUT2D eigenvalue weighted by molar-refractivity contribution is 5.87. The molecule has 0 aliphatic carbocycles. The van der Waals surface area contributed by atoms with E-state index < -0.39 is 0 Å². The van der Waals surface area contributed by atoms with Gasteiger partial charge in [-0.2, -0.15) is 5.10 Å². The molecule has 27 heavy (non-hydrogen) atoms. The van der Waals surface area contributed by atoms with E-state index in [1.807, 2.05) is 12.3 Å². The third-order valence-electron chi connectivity index (χ3n) is 5.27. The van der Waals surface area contributed by atoms with Crippen molar-refractivity contribution in [2.45, 2.75) is 19.4 Å². The maximum absolute atomic E-state index is 4.70. The van der Waals surface area contributed by atoms with Gasteiger partial charge in [0.1, 0.15) is 5.82 Å². The third-order valence-corrected chi connectivity index (χ3v) is 5.27. The molecule has 1 atom stereocenters. The third kappa shape index (κ3) is 2.81. The molecular formula is C24H21N3. The number of hydrogen-bond acceptors (Lipinski definition) is 2. The molecule has 3 nitrogen and oxygen atoms in total. The number of hydrogen-bond donors (Lipinski definition) is 1. The number of rotatable bonds is 3. The topological polar surface area (TPSA) is 29.9 Å². The van der Waals surface area contributed by atoms with Crippen molar-refractivity contribution in [2.75, 3.05) is 5.32 Å². The van der Waals surface area contributed by atoms with Gasteiger partial charge in [-0.25, -0.2) is 4.68 Å². The highest BCUT2D eigenvalue weighted by Crippen LogP contribution is 2.39. The smallest absolute Gasteiger partial charge is 0.132 e. The molecule has 1 N–H and O–H groups in total. The fourth-order valence-electron chi connectivity index (χ4n) is 3.99. The van der Waals surface area contributed by atoms with Gasteiger partial charge in [-0.15, -0.1) is 0 Å². The van der Waals surface area contributed by atoms with Crippen molar-refractivity contribution in [3.63, 3.8) is 0 Å². The Morgan fingerprint density at radius 2 is 1.67 bits per heavy atom. The first-order valence-electron chi connectivity index (χ1n) is 9.32. The molecule has 0 saturated heterocycles. The summed E-state index contributed by atoms with van der Waals surface area (Å²) in [5.41, 5.74) is 4.97. The number of benzene rings is 3. The van der Waals surface area contributed by atoms with Crippen LogP contribution in [0.25, 0.3) is 10.8 Å². The lowest BCUT2D eigenvalue weighted by Crippen LogP contribution is -2.15. The summed E-state index contributed by atoms with van der Waals surface area (Å²) in [5, 5.41) is 10.8. The van der Waals surface area contributed by atoms with Crippen LogP contribution in [0.2, 0.25) is 0 Å². The Balaban J connectivity index is 1.61. The molecule has 0 spiro atoms. The number of allylic oxidation sites excluding steroid dienone is 2. The zero-order valence-electron chi connectivity index (χ0n) is 15.3. The van der Waals surface area contributed by atoms with Gasteiger partial charge in [0, 0.05) is 17.2 Å². The molecule has 0 bridgehead atoms. The van der Waals surface area contributed by atoms with Crippen LogP contribution in [0.15, 0.2) is 90.8 Å². The number of nitrogens with zero attached hydrogens (tertiary/aromatic N) is 2. The van der Waals surface area contributed by atoms with Gasteiger partial charge in [0.15, 0.2) is 0 Å². The lowest BCUT2D eigenvalue weighted by molar-refractivity contribution is 0.692. The van der Waals surface area contributed by atoms with Crippen molar-refractivity contribution < 1.29 is 0 Å². The van der Waals surface area contributed by atoms with Crippen LogP contribution in [0.5, 0.6) is 0 Å². The predicted molar refractivity (Wildman–Crippen MR) is 111 cm³/mol. The molecule has 1 aromatic heterocycles. The van der Waals surface area contributed by atoms with E-state index in [0.717, 1.165) is 18.1 Å². The first-order valence-corrected chi connectivity index (χ1v) is 9.32. The summed E-state index contributed by atoms with van der Waals surface area (Å²) in [6, 6.07) is 25.6. The van der Waals surface area contributed by atoms with Gasteiger partial charge in [-0.3, -0.25) is 0 Å². The van der Waals surface area contributed by atoms with Gasteiger partial charge < -0.3 is 5.32 Å². The van der Waals surface area contributed by atoms with E-state index in [2.05, 4.69) is 89.7 Å². The Labute approximate surface area is 159 Å². The van der Waals surface area contributed by atoms with E-state index in [-0.39, 0.29) is 5.92 Å². The number of nitrogens with one attached hydrogen (secondary N) is 1. The molecule has 0 radical (unpaired) electrons. The molecule has 0 fully saturated rings. The molecular weight excluding hydrogens is 330 g/mol. The Hall–Kier alpha value is -3.33. The summed E-state index contributed by atoms with van der Waals surface area (Å²) in [6.45, 7) is 2.89. The van der Waals surface area contributed by atoms with Crippen LogP contribution >= 0.6 is 0 Å². The molecule has 1 aliphatic rings. The molecule has 0 saturated carbocycles. The summed E-state index contributed by atoms with van der Waals surface area (Å²) >= 11 is 0. The molecule has 3 aromatic carbocycles. The summed E-state index contributed by atoms with van der Waals surface area (Å²) in [4.78, 5) is 0. The average molecular weight is 351 g/mol. The minimum absolute atomic E-state index is 0.205. The summed E-state index contributed by atoms with van der Waals surface area (Å²) < 4.78 is 2.07. The van der Waals surface area contributed by atoms with E-state index in [1.54, 1.807) is 0 Å². The Bertz CT molecular complexity index is 1130. The maximum atomic E-state index is 4.70. The van der Waals surface area contributed by atoms with Gasteiger partial charge >= 0.3 is 0 Å². The SMILES string of the molecule is CC1=CC(c2cccc3ccccc23)c2cnn(Cc3ccccc3)c2N1. The quantitative estimate of drug-likeness (QED) is 0.525. The maximum Gasteiger partial charge on any atom is 0.132 e. The van der Waals surface area contributed by atoms with Gasteiger partial charge in [0.25, 0.3) is 0 Å². The van der Waals surface area contributed by atoms with Crippen molar-refractivity contribution in [2.24, 2.45) is 0 Å². The van der Waals surface area contributed by atoms with E-state index in [4.69, 9.17) is 5.10 Å². The second-order valence-electron chi connectivity index (χ2n) is 7.11. The summed E-state index contributed by atoms with van der Waals surface area (Å²) in [7, 11) is 0. The lowest BCUT2D eigenvalue weighted by atomic mass is 9.87. The molecule has 3 heteroatoms. The Morgan fingerprint density at radius 3 is 2.56 bits per heavy atom. The van der Waals surface area contributed by atoms with Gasteiger partial charge in [0.05, 0.1) is 12.7 Å². The van der Waals surface area contributed by atoms with Crippen LogP contribution in [-0.2, 0) is 6.54 Å². The molecule has 1 unspecified atom stereocenters. The molecule has 1 aliphatic heterocycles. The molecule has 4 aromatic rings. The van der Waals surface area contributed by atoms with Crippen LogP contribution in [-0.4, -0.2) is 9.78 Å². The van der Waals surface area contributed by atoms with Crippen LogP contribution in [0.4, 0.5) is 5.82 Å². The number of anilines is 1. The molecule has 5 rings (SSSR count). The standard InChI is InChI=1S/C24H21N3/c1-17-14-22(21-13-7-11-19-10-5-6-12-20(19)21)23-15-25-27(24(23)26-17)16-18-8-3-2-4-9-18/h2-15,22,26H,16H2,1H3. The Kier molecular flexibility index (Phi) is 3.79. The highest BCUT2D eigenvalue weighted by atomic mass is 15.3. The van der Waals surface area contributed by atoms with Crippen LogP contribution in [0, 0.1) is 0 Å². The normalized spacial score (nSPS) is 15.9. The van der Waals surface area contributed by atoms with E-state index >= 15 is 0 Å². The average Bonchev–Trinajstić information content (AvgIpc) is 3.10. The van der Waals surface area contributed by atoms with E-state index in [0.29, 0.717) is 0 Å². The van der Waals surface area contributed by atoms with Crippen molar-refractivity contribution in [3.8, 4) is 0 Å². The highest BCUT2D eigenvalue weighted by Gasteiger charge is 2.25. The van der Waals surface area contributed by atoms with Gasteiger partial charge in [-0.05, 0) is 28.8 Å². The predicted octanol–water partition coefficient (Wildman–Crippen LogP) is 5.55. The number of fused-ring (bicyclic) bond motifs is 2. The first kappa shape index (κ1) is 15.9. The van der Waals surface area contributed by atoms with Crippen LogP contribution in [0.3, 0.4) is 0 Å². The molecule has 2 heterocycles. The van der Waals surface area contributed by atoms with E-state index in [9.17, 15) is 0 Å². The monoisotopic (exact) mass is 351 g/mol. The lowest BCUT2D eigenvalue weighted by Gasteiger charge is -2.24. The van der Waals surface area contributed by atoms with Crippen molar-refractivity contribution in [1.82, 2.24) is 9.78 Å². The zero-order valence-corrected chi connectivity index (χ0v) is 15.3. The second kappa shape index (κ2) is 6.44. The summed E-state index contributed by atoms with van der Waals surface area (Å²) in [6.07, 6.45) is 4.32. The number of aromatic nitrogens is 2. The minimum Gasteiger partial charge on any atom is -0.344 e. The van der Waals surface area contributed by atoms with Crippen molar-refractivity contribution in [1.29, 1.82) is 0 Å². The largest absolute Gasteiger partial charge is 0.344 e. The second-order valence-corrected chi connectivity index (χ2v) is 7.11. The van der Waals surface area contributed by atoms with Crippen LogP contribution in [0.1, 0.15) is 29.5 Å². The Morgan fingerprint density at radius 1 is 0.889 bits per heavy atom.